The van der Waals surface area contributed by atoms with Crippen LogP contribution in [0.5, 0.6) is 0 Å². The Hall–Kier alpha value is 0.0652. The summed E-state index contributed by atoms with van der Waals surface area (Å²) in [5.41, 5.74) is 0. The minimum Gasteiger partial charge on any atom is -0.693 e. The van der Waals surface area contributed by atoms with Crippen molar-refractivity contribution in [1.82, 2.24) is 10.6 Å². The number of amides is 1. The van der Waals surface area contributed by atoms with Gasteiger partial charge in [0.2, 0.25) is 0 Å². The number of nitrogens with one attached hydrogen (secondary N) is 2. The van der Waals surface area contributed by atoms with Crippen LogP contribution in [0.2, 0.25) is 19.1 Å². The van der Waals surface area contributed by atoms with Crippen LogP contribution in [-0.2, 0) is 21.3 Å². The number of rotatable bonds is 21. The van der Waals surface area contributed by atoms with E-state index in [1.807, 2.05) is 13.1 Å². The van der Waals surface area contributed by atoms with Crippen molar-refractivity contribution in [2.24, 2.45) is 0 Å². The molecule has 0 radical (unpaired) electrons. The Balaban J connectivity index is -0.000000172. The molecular weight excluding hydrogens is 718 g/mol. The third-order valence-electron chi connectivity index (χ3n) is 5.24. The molecule has 0 bridgehead atoms. The maximum atomic E-state index is 10.2. The van der Waals surface area contributed by atoms with Gasteiger partial charge >= 0.3 is 47.4 Å². The minimum atomic E-state index is -1.94. The average molecular weight is 775 g/mol. The Labute approximate surface area is 244 Å². The summed E-state index contributed by atoms with van der Waals surface area (Å²) in [5.74, 6) is -0.789. The van der Waals surface area contributed by atoms with Crippen LogP contribution in [0.25, 0.3) is 12.3 Å². The third-order valence-corrected chi connectivity index (χ3v) is 6.71. The molecule has 0 atom stereocenters. The molecule has 0 heterocycles. The molecule has 0 spiro atoms. The Morgan fingerprint density at radius 2 is 1.11 bits per heavy atom. The molecule has 0 aliphatic carbocycles. The summed E-state index contributed by atoms with van der Waals surface area (Å²) in [4.78, 5) is 29.7. The van der Waals surface area contributed by atoms with Crippen molar-refractivity contribution in [3.63, 3.8) is 0 Å². The molecule has 0 aliphatic rings. The van der Waals surface area contributed by atoms with Crippen LogP contribution < -0.4 is 10.6 Å². The van der Waals surface area contributed by atoms with Crippen LogP contribution in [0.4, 0.5) is 4.79 Å². The average Bonchev–Trinajstić information content (AvgIpc) is 2.76. The molecule has 0 aliphatic heterocycles. The van der Waals surface area contributed by atoms with Crippen molar-refractivity contribution in [2.75, 3.05) is 19.6 Å². The molecule has 0 saturated heterocycles. The van der Waals surface area contributed by atoms with Crippen LogP contribution in [0.1, 0.15) is 103 Å². The molecule has 0 saturated carbocycles. The quantitative estimate of drug-likeness (QED) is 0.0573. The van der Waals surface area contributed by atoms with E-state index in [-0.39, 0.29) is 18.7 Å². The number of halogens is 2. The Kier molecular flexibility index (Phi) is 48.4. The first-order valence-corrected chi connectivity index (χ1v) is 21.8. The van der Waals surface area contributed by atoms with Gasteiger partial charge in [-0.05, 0) is 32.1 Å². The van der Waals surface area contributed by atoms with Crippen LogP contribution in [-0.4, -0.2) is 55.0 Å². The van der Waals surface area contributed by atoms with Crippen LogP contribution >= 0.6 is 18.8 Å². The van der Waals surface area contributed by atoms with Gasteiger partial charge in [-0.25, -0.2) is 4.79 Å². The van der Waals surface area contributed by atoms with Gasteiger partial charge in [0.25, 0.3) is 0 Å². The van der Waals surface area contributed by atoms with E-state index in [9.17, 15) is 14.4 Å². The molecule has 13 heteroatoms. The summed E-state index contributed by atoms with van der Waals surface area (Å²) in [6.07, 6.45) is 17.9. The summed E-state index contributed by atoms with van der Waals surface area (Å²) in [5, 5.41) is 22.1. The van der Waals surface area contributed by atoms with Gasteiger partial charge in [0.05, 0.1) is 6.42 Å². The number of hydrogen-bond donors (Lipinski definition) is 5. The number of carboxylic acid groups (broad SMARTS) is 2. The van der Waals surface area contributed by atoms with Crippen molar-refractivity contribution >= 4 is 39.2 Å². The Morgan fingerprint density at radius 1 is 0.730 bits per heavy atom. The van der Waals surface area contributed by atoms with Gasteiger partial charge in [-0.2, -0.15) is 0 Å². The number of hydrogen-bond acceptors (Lipinski definition) is 4. The van der Waals surface area contributed by atoms with E-state index in [1.54, 1.807) is 0 Å². The van der Waals surface area contributed by atoms with Crippen molar-refractivity contribution in [3.05, 3.63) is 12.3 Å². The minimum absolute atomic E-state index is 0. The molecule has 0 unspecified atom stereocenters. The predicted octanol–water partition coefficient (Wildman–Crippen LogP) is 8.79. The summed E-state index contributed by atoms with van der Waals surface area (Å²) in [6, 6.07) is 0.770. The first-order chi connectivity index (χ1) is 16.6. The van der Waals surface area contributed by atoms with Gasteiger partial charge in [-0.15, -0.1) is 0 Å². The van der Waals surface area contributed by atoms with Gasteiger partial charge in [0.15, 0.2) is 8.32 Å². The molecule has 37 heavy (non-hydrogen) atoms. The molecule has 230 valence electrons. The molecule has 0 rings (SSSR count). The molecule has 0 fully saturated rings. The summed E-state index contributed by atoms with van der Waals surface area (Å²) >= 11 is -0.472. The fourth-order valence-electron chi connectivity index (χ4n) is 3.23. The molecule has 9 N–H and O–H groups in total. The third kappa shape index (κ3) is 61.6. The fraction of sp³-hybridized carbons (Fsp3) is 0.917. The van der Waals surface area contributed by atoms with E-state index in [4.69, 9.17) is 29.0 Å². The van der Waals surface area contributed by atoms with Crippen molar-refractivity contribution in [3.8, 4) is 0 Å². The zero-order valence-corrected chi connectivity index (χ0v) is 28.1. The Morgan fingerprint density at radius 3 is 1.43 bits per heavy atom. The van der Waals surface area contributed by atoms with E-state index in [0.29, 0.717) is 19.6 Å². The van der Waals surface area contributed by atoms with Crippen LogP contribution in [0, 0.1) is 0 Å². The van der Waals surface area contributed by atoms with Crippen LogP contribution in [0.3, 0.4) is 0 Å². The normalized spacial score (nSPS) is 10.1. The van der Waals surface area contributed by atoms with Gasteiger partial charge in [0.1, 0.15) is 0 Å². The second kappa shape index (κ2) is 38.2. The standard InChI is InChI=1S/C17H35NO2.C7H17NO3Si.2ClH.2H2N.Pt/c1-2-3-4-5-6-7-8-9-10-11-12-13-14-15-16-18-17(19)20;1-12(2,11)6-5-8-4-3-7(9)10;;;;;/h18H,2-16H2,1H3,(H,19,20);8,11H,3-6H2,1-2H3,(H,9,10);2*1H;2*1H2;/q;;;;2*-1;+4/p-2. The maximum absolute atomic E-state index is 10.2. The molecular formula is C24H56Cl2N4O5PtSi. The monoisotopic (exact) mass is 773 g/mol. The number of carbonyl (C=O) groups is 2. The molecule has 9 nitrogen and oxygen atoms in total. The molecule has 0 aromatic carbocycles. The zero-order chi connectivity index (χ0) is 27.2. The SMILES string of the molecule is CCCCCCCCCCCCCCCCNC(=O)O.C[Si](C)(O)CCNCCC(=O)O.[Cl][Pt+2][Cl].[NH2-].[NH2-]. The molecule has 0 aromatic rings. The topological polar surface area (TPSA) is 186 Å². The van der Waals surface area contributed by atoms with Gasteiger partial charge < -0.3 is 37.9 Å². The largest absolute Gasteiger partial charge is 0.693 e. The molecule has 0 aromatic heterocycles. The van der Waals surface area contributed by atoms with Crippen molar-refractivity contribution in [2.45, 2.75) is 122 Å². The van der Waals surface area contributed by atoms with Gasteiger partial charge in [-0.3, -0.25) is 4.79 Å². The Bertz CT molecular complexity index is 469. The van der Waals surface area contributed by atoms with E-state index < -0.39 is 36.9 Å². The first-order valence-electron chi connectivity index (χ1n) is 13.0. The van der Waals surface area contributed by atoms with E-state index >= 15 is 0 Å². The summed E-state index contributed by atoms with van der Waals surface area (Å²) in [6.45, 7) is 7.80. The smallest absolute Gasteiger partial charge is 0.693 e. The number of aliphatic carboxylic acids is 1. The number of unbranched alkanes of at least 4 members (excludes halogenated alkanes) is 13. The summed E-state index contributed by atoms with van der Waals surface area (Å²) in [7, 11) is 7.81. The van der Waals surface area contributed by atoms with Crippen molar-refractivity contribution in [1.29, 1.82) is 0 Å². The second-order valence-corrected chi connectivity index (χ2v) is 16.7. The zero-order valence-electron chi connectivity index (χ0n) is 23.3. The first kappa shape index (κ1) is 46.9. The van der Waals surface area contributed by atoms with E-state index in [1.165, 1.54) is 77.0 Å². The van der Waals surface area contributed by atoms with E-state index in [2.05, 4.69) is 17.6 Å². The van der Waals surface area contributed by atoms with Gasteiger partial charge in [0, 0.05) is 13.1 Å². The van der Waals surface area contributed by atoms with Gasteiger partial charge in [-0.1, -0.05) is 90.4 Å². The summed E-state index contributed by atoms with van der Waals surface area (Å²) < 4.78 is 0. The maximum Gasteiger partial charge on any atom is -0.693 e. The number of nitrogens with two attached hydrogens (primary N) is 2. The predicted molar refractivity (Wildman–Crippen MR) is 158 cm³/mol. The second-order valence-electron chi connectivity index (χ2n) is 9.33. The molecule has 1 amide bonds. The fourth-order valence-corrected chi connectivity index (χ4v) is 4.02. The van der Waals surface area contributed by atoms with Crippen LogP contribution in [0.15, 0.2) is 0 Å². The van der Waals surface area contributed by atoms with E-state index in [0.717, 1.165) is 18.9 Å². The van der Waals surface area contributed by atoms with Crippen molar-refractivity contribution < 1.29 is 41.1 Å². The number of carboxylic acids is 1.